The second-order valence-corrected chi connectivity index (χ2v) is 6.72. The van der Waals surface area contributed by atoms with Crippen molar-refractivity contribution in [3.05, 3.63) is 33.9 Å². The first kappa shape index (κ1) is 21.4. The molecule has 0 aliphatic rings. The first-order valence-electron chi connectivity index (χ1n) is 7.88. The van der Waals surface area contributed by atoms with Crippen molar-refractivity contribution < 1.29 is 24.4 Å². The predicted molar refractivity (Wildman–Crippen MR) is 96.0 cm³/mol. The van der Waals surface area contributed by atoms with Crippen LogP contribution in [0.1, 0.15) is 43.5 Å². The van der Waals surface area contributed by atoms with Gasteiger partial charge in [0, 0.05) is 17.2 Å². The smallest absolute Gasteiger partial charge is 0.305 e. The zero-order valence-corrected chi connectivity index (χ0v) is 15.3. The highest BCUT2D eigenvalue weighted by Gasteiger charge is 2.31. The predicted octanol–water partition coefficient (Wildman–Crippen LogP) is 1.94. The summed E-state index contributed by atoms with van der Waals surface area (Å²) in [6.45, 7) is 3.57. The molecule has 0 saturated heterocycles. The first-order chi connectivity index (χ1) is 12.1. The second kappa shape index (κ2) is 9.18. The van der Waals surface area contributed by atoms with Crippen LogP contribution in [0.15, 0.2) is 23.1 Å². The third-order valence-corrected chi connectivity index (χ3v) is 5.11. The molecule has 0 radical (unpaired) electrons. The zero-order valence-electron chi connectivity index (χ0n) is 14.5. The summed E-state index contributed by atoms with van der Waals surface area (Å²) in [6.07, 6.45) is 0.684. The molecule has 1 aromatic rings. The van der Waals surface area contributed by atoms with Crippen LogP contribution in [-0.2, 0) is 9.59 Å². The Morgan fingerprint density at radius 2 is 1.92 bits per heavy atom. The van der Waals surface area contributed by atoms with Crippen molar-refractivity contribution in [1.29, 1.82) is 0 Å². The molecule has 0 unspecified atom stereocenters. The van der Waals surface area contributed by atoms with Crippen LogP contribution in [0.5, 0.6) is 0 Å². The number of primary amides is 1. The van der Waals surface area contributed by atoms with Gasteiger partial charge in [0.2, 0.25) is 11.8 Å². The van der Waals surface area contributed by atoms with E-state index in [4.69, 9.17) is 10.8 Å². The summed E-state index contributed by atoms with van der Waals surface area (Å²) in [5.74, 6) is -2.35. The number of nitro benzene ring substituents is 1. The summed E-state index contributed by atoms with van der Waals surface area (Å²) in [5.41, 5.74) is 3.94. The number of nitrogens with two attached hydrogens (primary N) is 1. The van der Waals surface area contributed by atoms with Crippen LogP contribution >= 0.6 is 11.8 Å². The van der Waals surface area contributed by atoms with E-state index in [0.29, 0.717) is 12.8 Å². The minimum atomic E-state index is -1.01. The molecule has 0 aromatic heterocycles. The van der Waals surface area contributed by atoms with E-state index >= 15 is 0 Å². The maximum atomic E-state index is 12.2. The van der Waals surface area contributed by atoms with Crippen molar-refractivity contribution >= 4 is 35.2 Å². The van der Waals surface area contributed by atoms with Crippen molar-refractivity contribution in [2.75, 3.05) is 5.75 Å². The second-order valence-electron chi connectivity index (χ2n) is 5.70. The van der Waals surface area contributed by atoms with Gasteiger partial charge in [-0.05, 0) is 25.0 Å². The van der Waals surface area contributed by atoms with Crippen LogP contribution < -0.4 is 11.1 Å². The number of nitrogens with zero attached hydrogens (tertiary/aromatic N) is 1. The van der Waals surface area contributed by atoms with Gasteiger partial charge in [0.05, 0.1) is 22.0 Å². The molecule has 0 saturated carbocycles. The maximum absolute atomic E-state index is 12.2. The molecule has 0 bridgehead atoms. The summed E-state index contributed by atoms with van der Waals surface area (Å²) in [6, 6.07) is 3.78. The third-order valence-electron chi connectivity index (χ3n) is 4.05. The number of nitrogens with one attached hydrogen (secondary N) is 1. The fourth-order valence-electron chi connectivity index (χ4n) is 2.42. The Morgan fingerprint density at radius 1 is 1.31 bits per heavy atom. The van der Waals surface area contributed by atoms with Gasteiger partial charge >= 0.3 is 5.97 Å². The first-order valence-corrected chi connectivity index (χ1v) is 8.86. The quantitative estimate of drug-likeness (QED) is 0.317. The van der Waals surface area contributed by atoms with Crippen molar-refractivity contribution in [2.45, 2.75) is 43.5 Å². The summed E-state index contributed by atoms with van der Waals surface area (Å²) in [7, 11) is 0. The largest absolute Gasteiger partial charge is 0.481 e. The Balaban J connectivity index is 2.88. The van der Waals surface area contributed by atoms with E-state index < -0.39 is 28.2 Å². The van der Waals surface area contributed by atoms with E-state index in [0.717, 1.165) is 17.8 Å². The molecule has 4 N–H and O–H groups in total. The normalized spacial score (nSPS) is 11.0. The average Bonchev–Trinajstić information content (AvgIpc) is 2.58. The lowest BCUT2D eigenvalue weighted by atomic mass is 9.89. The van der Waals surface area contributed by atoms with Gasteiger partial charge < -0.3 is 16.2 Å². The molecule has 1 aromatic carbocycles. The Bertz CT molecular complexity index is 718. The van der Waals surface area contributed by atoms with E-state index in [2.05, 4.69) is 5.32 Å². The fourth-order valence-corrected chi connectivity index (χ4v) is 3.23. The monoisotopic (exact) mass is 383 g/mol. The van der Waals surface area contributed by atoms with Gasteiger partial charge in [-0.2, -0.15) is 0 Å². The van der Waals surface area contributed by atoms with Gasteiger partial charge in [-0.25, -0.2) is 0 Å². The lowest BCUT2D eigenvalue weighted by Crippen LogP contribution is -2.49. The van der Waals surface area contributed by atoms with E-state index in [9.17, 15) is 24.5 Å². The number of carbonyl (C=O) groups is 3. The fraction of sp³-hybridized carbons (Fsp3) is 0.438. The Kier molecular flexibility index (Phi) is 7.56. The molecular formula is C16H21N3O6S. The number of rotatable bonds is 10. The van der Waals surface area contributed by atoms with E-state index in [1.165, 1.54) is 12.1 Å². The number of carboxylic acid groups (broad SMARTS) is 1. The van der Waals surface area contributed by atoms with E-state index in [1.807, 2.05) is 0 Å². The number of hydrogen-bond acceptors (Lipinski definition) is 6. The van der Waals surface area contributed by atoms with Gasteiger partial charge in [0.1, 0.15) is 0 Å². The SMILES string of the molecule is CCC(CC)(CC(=O)O)NC(=O)CSc1ccc(C(N)=O)cc1[N+](=O)[O-]. The molecule has 9 nitrogen and oxygen atoms in total. The molecule has 0 spiro atoms. The minimum Gasteiger partial charge on any atom is -0.481 e. The van der Waals surface area contributed by atoms with Crippen LogP contribution in [0.3, 0.4) is 0 Å². The molecular weight excluding hydrogens is 362 g/mol. The molecule has 1 rings (SSSR count). The van der Waals surface area contributed by atoms with Crippen molar-refractivity contribution in [3.63, 3.8) is 0 Å². The third kappa shape index (κ3) is 5.73. The Hall–Kier alpha value is -2.62. The van der Waals surface area contributed by atoms with Gasteiger partial charge in [-0.15, -0.1) is 11.8 Å². The number of carbonyl (C=O) groups excluding carboxylic acids is 2. The summed E-state index contributed by atoms with van der Waals surface area (Å²) in [4.78, 5) is 45.1. The zero-order chi connectivity index (χ0) is 19.9. The minimum absolute atomic E-state index is 0.00272. The number of thioether (sulfide) groups is 1. The molecule has 0 atom stereocenters. The number of nitro groups is 1. The summed E-state index contributed by atoms with van der Waals surface area (Å²) in [5, 5.41) is 22.9. The highest BCUT2D eigenvalue weighted by Crippen LogP contribution is 2.30. The van der Waals surface area contributed by atoms with Crippen LogP contribution in [0.4, 0.5) is 5.69 Å². The number of benzene rings is 1. The Labute approximate surface area is 154 Å². The summed E-state index contributed by atoms with van der Waals surface area (Å²) >= 11 is 0.931. The number of amides is 2. The van der Waals surface area contributed by atoms with Crippen LogP contribution in [-0.4, -0.2) is 39.1 Å². The van der Waals surface area contributed by atoms with E-state index in [-0.39, 0.29) is 28.3 Å². The molecule has 0 fully saturated rings. The molecule has 0 aliphatic carbocycles. The lowest BCUT2D eigenvalue weighted by Gasteiger charge is -2.31. The van der Waals surface area contributed by atoms with E-state index in [1.54, 1.807) is 13.8 Å². The standard InChI is InChI=1S/C16H21N3O6S/c1-3-16(4-2,8-14(21)22)18-13(20)9-26-12-6-5-10(15(17)23)7-11(12)19(24)25/h5-7H,3-4,8-9H2,1-2H3,(H2,17,23)(H,18,20)(H,21,22). The molecule has 10 heteroatoms. The van der Waals surface area contributed by atoms with Gasteiger partial charge in [-0.1, -0.05) is 13.8 Å². The molecule has 0 aliphatic heterocycles. The van der Waals surface area contributed by atoms with Gasteiger partial charge in [0.25, 0.3) is 5.69 Å². The lowest BCUT2D eigenvalue weighted by molar-refractivity contribution is -0.387. The average molecular weight is 383 g/mol. The van der Waals surface area contributed by atoms with Crippen molar-refractivity contribution in [2.24, 2.45) is 5.73 Å². The Morgan fingerprint density at radius 3 is 2.38 bits per heavy atom. The highest BCUT2D eigenvalue weighted by atomic mass is 32.2. The molecule has 26 heavy (non-hydrogen) atoms. The van der Waals surface area contributed by atoms with Crippen LogP contribution in [0, 0.1) is 10.1 Å². The number of aliphatic carboxylic acids is 1. The topological polar surface area (TPSA) is 153 Å². The number of carboxylic acids is 1. The van der Waals surface area contributed by atoms with Crippen LogP contribution in [0.25, 0.3) is 0 Å². The van der Waals surface area contributed by atoms with Crippen LogP contribution in [0.2, 0.25) is 0 Å². The van der Waals surface area contributed by atoms with Crippen molar-refractivity contribution in [1.82, 2.24) is 5.32 Å². The number of hydrogen-bond donors (Lipinski definition) is 3. The van der Waals surface area contributed by atoms with Gasteiger partial charge in [-0.3, -0.25) is 24.5 Å². The molecule has 2 amide bonds. The highest BCUT2D eigenvalue weighted by molar-refractivity contribution is 8.00. The summed E-state index contributed by atoms with van der Waals surface area (Å²) < 4.78 is 0. The molecule has 142 valence electrons. The maximum Gasteiger partial charge on any atom is 0.305 e. The van der Waals surface area contributed by atoms with Crippen molar-refractivity contribution in [3.8, 4) is 0 Å². The van der Waals surface area contributed by atoms with Gasteiger partial charge in [0.15, 0.2) is 0 Å². The molecule has 0 heterocycles.